The van der Waals surface area contributed by atoms with E-state index in [0.29, 0.717) is 20.3 Å². The minimum absolute atomic E-state index is 0.587. The van der Waals surface area contributed by atoms with Gasteiger partial charge in [-0.15, -0.1) is 11.3 Å². The van der Waals surface area contributed by atoms with E-state index in [4.69, 9.17) is 4.42 Å². The van der Waals surface area contributed by atoms with Gasteiger partial charge in [0.15, 0.2) is 21.7 Å². The Morgan fingerprint density at radius 3 is 2.79 bits per heavy atom. The maximum absolute atomic E-state index is 10.4. The van der Waals surface area contributed by atoms with Gasteiger partial charge in [0.2, 0.25) is 0 Å². The van der Waals surface area contributed by atoms with Gasteiger partial charge in [0.05, 0.1) is 9.35 Å². The lowest BCUT2D eigenvalue weighted by molar-refractivity contribution is 0.112. The Balaban J connectivity index is 2.43. The average Bonchev–Trinajstić information content (AvgIpc) is 2.74. The van der Waals surface area contributed by atoms with Gasteiger partial charge in [0.25, 0.3) is 0 Å². The van der Waals surface area contributed by atoms with Gasteiger partial charge in [-0.2, -0.15) is 0 Å². The standard InChI is InChI=1S/C8H3Br2NO2S/c9-5-1-6(13-7(5)10)8-11-2-4(3-12)14-8/h1-3H. The lowest BCUT2D eigenvalue weighted by Crippen LogP contribution is -1.66. The Morgan fingerprint density at radius 1 is 1.50 bits per heavy atom. The van der Waals surface area contributed by atoms with Crippen molar-refractivity contribution in [2.24, 2.45) is 0 Å². The molecule has 0 N–H and O–H groups in total. The second kappa shape index (κ2) is 3.96. The van der Waals surface area contributed by atoms with Crippen LogP contribution in [-0.4, -0.2) is 11.3 Å². The van der Waals surface area contributed by atoms with E-state index in [1.807, 2.05) is 0 Å². The number of aromatic nitrogens is 1. The molecule has 0 atom stereocenters. The molecule has 0 saturated heterocycles. The molecule has 0 saturated carbocycles. The zero-order valence-corrected chi connectivity index (χ0v) is 10.6. The molecule has 0 aliphatic heterocycles. The van der Waals surface area contributed by atoms with E-state index < -0.39 is 0 Å². The van der Waals surface area contributed by atoms with Crippen LogP contribution in [0.2, 0.25) is 0 Å². The molecule has 2 aromatic rings. The molecule has 0 spiro atoms. The number of nitrogens with zero attached hydrogens (tertiary/aromatic N) is 1. The van der Waals surface area contributed by atoms with Crippen molar-refractivity contribution < 1.29 is 9.21 Å². The highest BCUT2D eigenvalue weighted by atomic mass is 79.9. The summed E-state index contributed by atoms with van der Waals surface area (Å²) in [4.78, 5) is 15.1. The SMILES string of the molecule is O=Cc1cnc(-c2cc(Br)c(Br)o2)s1. The van der Waals surface area contributed by atoms with E-state index in [-0.39, 0.29) is 0 Å². The molecule has 0 fully saturated rings. The van der Waals surface area contributed by atoms with Crippen molar-refractivity contribution in [3.05, 3.63) is 26.3 Å². The highest BCUT2D eigenvalue weighted by Gasteiger charge is 2.11. The molecule has 0 aliphatic rings. The minimum atomic E-state index is 0.587. The van der Waals surface area contributed by atoms with Crippen molar-refractivity contribution >= 4 is 49.5 Å². The number of halogens is 2. The summed E-state index contributed by atoms with van der Waals surface area (Å²) in [6.45, 7) is 0. The van der Waals surface area contributed by atoms with Crippen LogP contribution in [0.3, 0.4) is 0 Å². The van der Waals surface area contributed by atoms with Gasteiger partial charge in [0.1, 0.15) is 0 Å². The van der Waals surface area contributed by atoms with Crippen molar-refractivity contribution in [1.82, 2.24) is 4.98 Å². The van der Waals surface area contributed by atoms with Gasteiger partial charge in [-0.1, -0.05) is 0 Å². The largest absolute Gasteiger partial charge is 0.446 e. The first-order valence-electron chi connectivity index (χ1n) is 3.57. The third-order valence-corrected chi connectivity index (χ3v) is 4.14. The average molecular weight is 337 g/mol. The molecule has 6 heteroatoms. The minimum Gasteiger partial charge on any atom is -0.446 e. The number of hydrogen-bond acceptors (Lipinski definition) is 4. The zero-order chi connectivity index (χ0) is 10.1. The van der Waals surface area contributed by atoms with E-state index in [9.17, 15) is 4.79 Å². The molecule has 0 bridgehead atoms. The van der Waals surface area contributed by atoms with Crippen LogP contribution in [0.15, 0.2) is 25.8 Å². The summed E-state index contributed by atoms with van der Waals surface area (Å²) >= 11 is 7.83. The molecule has 0 amide bonds. The van der Waals surface area contributed by atoms with Crippen LogP contribution < -0.4 is 0 Å². The molecule has 2 aromatic heterocycles. The van der Waals surface area contributed by atoms with Gasteiger partial charge in [-0.25, -0.2) is 4.98 Å². The van der Waals surface area contributed by atoms with E-state index >= 15 is 0 Å². The first-order chi connectivity index (χ1) is 6.70. The Morgan fingerprint density at radius 2 is 2.29 bits per heavy atom. The molecular weight excluding hydrogens is 334 g/mol. The van der Waals surface area contributed by atoms with Crippen LogP contribution in [0.1, 0.15) is 9.67 Å². The molecular formula is C8H3Br2NO2S. The number of furan rings is 1. The molecule has 0 aromatic carbocycles. The van der Waals surface area contributed by atoms with E-state index in [2.05, 4.69) is 36.8 Å². The molecule has 3 nitrogen and oxygen atoms in total. The number of hydrogen-bond donors (Lipinski definition) is 0. The smallest absolute Gasteiger partial charge is 0.184 e. The highest BCUT2D eigenvalue weighted by Crippen LogP contribution is 2.34. The van der Waals surface area contributed by atoms with Gasteiger partial charge in [-0.05, 0) is 31.9 Å². The van der Waals surface area contributed by atoms with Gasteiger partial charge in [-0.3, -0.25) is 4.79 Å². The monoisotopic (exact) mass is 335 g/mol. The van der Waals surface area contributed by atoms with Crippen molar-refractivity contribution in [1.29, 1.82) is 0 Å². The number of thiazole rings is 1. The van der Waals surface area contributed by atoms with Crippen molar-refractivity contribution in [2.45, 2.75) is 0 Å². The fraction of sp³-hybridized carbons (Fsp3) is 0. The summed E-state index contributed by atoms with van der Waals surface area (Å²) < 4.78 is 6.81. The fourth-order valence-electron chi connectivity index (χ4n) is 0.907. The number of carbonyl (C=O) groups is 1. The molecule has 14 heavy (non-hydrogen) atoms. The third kappa shape index (κ3) is 1.82. The summed E-state index contributed by atoms with van der Waals surface area (Å²) in [6, 6.07) is 1.80. The quantitative estimate of drug-likeness (QED) is 0.784. The number of rotatable bonds is 2. The van der Waals surface area contributed by atoms with Crippen LogP contribution in [0.25, 0.3) is 10.8 Å². The zero-order valence-electron chi connectivity index (χ0n) is 6.66. The van der Waals surface area contributed by atoms with Gasteiger partial charge >= 0.3 is 0 Å². The van der Waals surface area contributed by atoms with E-state index in [1.54, 1.807) is 6.07 Å². The van der Waals surface area contributed by atoms with Crippen LogP contribution in [0.4, 0.5) is 0 Å². The highest BCUT2D eigenvalue weighted by molar-refractivity contribution is 9.13. The molecule has 72 valence electrons. The Kier molecular flexibility index (Phi) is 2.85. The topological polar surface area (TPSA) is 43.1 Å². The predicted octanol–water partition coefficient (Wildman–Crippen LogP) is 3.74. The second-order valence-corrected chi connectivity index (χ2v) is 5.05. The van der Waals surface area contributed by atoms with Gasteiger partial charge < -0.3 is 4.42 Å². The van der Waals surface area contributed by atoms with Crippen molar-refractivity contribution in [3.8, 4) is 10.8 Å². The third-order valence-electron chi connectivity index (χ3n) is 1.50. The Bertz CT molecular complexity index is 458. The van der Waals surface area contributed by atoms with E-state index in [1.165, 1.54) is 17.5 Å². The van der Waals surface area contributed by atoms with Crippen molar-refractivity contribution in [3.63, 3.8) is 0 Å². The Labute approximate surface area is 100 Å². The lowest BCUT2D eigenvalue weighted by atomic mass is 10.5. The Hall–Kier alpha value is -0.460. The fourth-order valence-corrected chi connectivity index (χ4v) is 2.17. The molecule has 0 aliphatic carbocycles. The van der Waals surface area contributed by atoms with Crippen LogP contribution in [-0.2, 0) is 0 Å². The van der Waals surface area contributed by atoms with E-state index in [0.717, 1.165) is 10.8 Å². The van der Waals surface area contributed by atoms with Gasteiger partial charge in [0, 0.05) is 12.3 Å². The molecule has 0 unspecified atom stereocenters. The van der Waals surface area contributed by atoms with Crippen LogP contribution in [0.5, 0.6) is 0 Å². The first kappa shape index (κ1) is 10.1. The number of carbonyl (C=O) groups excluding carboxylic acids is 1. The summed E-state index contributed by atoms with van der Waals surface area (Å²) in [5.41, 5.74) is 0. The van der Waals surface area contributed by atoms with Crippen molar-refractivity contribution in [2.75, 3.05) is 0 Å². The first-order valence-corrected chi connectivity index (χ1v) is 5.97. The summed E-state index contributed by atoms with van der Waals surface area (Å²) in [7, 11) is 0. The summed E-state index contributed by atoms with van der Waals surface area (Å²) in [6.07, 6.45) is 2.30. The normalized spacial score (nSPS) is 10.4. The lowest BCUT2D eigenvalue weighted by Gasteiger charge is -1.85. The number of aldehydes is 1. The summed E-state index contributed by atoms with van der Waals surface area (Å²) in [5.74, 6) is 0.641. The van der Waals surface area contributed by atoms with Crippen LogP contribution in [0, 0.1) is 0 Å². The molecule has 0 radical (unpaired) electrons. The predicted molar refractivity (Wildman–Crippen MR) is 60.6 cm³/mol. The molecule has 2 rings (SSSR count). The maximum Gasteiger partial charge on any atom is 0.184 e. The molecule has 2 heterocycles. The second-order valence-electron chi connectivity index (χ2n) is 2.42. The van der Waals surface area contributed by atoms with Crippen LogP contribution >= 0.6 is 43.2 Å². The maximum atomic E-state index is 10.4. The summed E-state index contributed by atoms with van der Waals surface area (Å²) in [5, 5.41) is 0.693.